The van der Waals surface area contributed by atoms with Gasteiger partial charge in [-0.3, -0.25) is 4.79 Å². The van der Waals surface area contributed by atoms with Crippen molar-refractivity contribution in [3.8, 4) is 0 Å². The molecular weight excluding hydrogens is 386 g/mol. The molecule has 1 fully saturated rings. The van der Waals surface area contributed by atoms with Gasteiger partial charge >= 0.3 is 0 Å². The van der Waals surface area contributed by atoms with Crippen molar-refractivity contribution in [2.75, 3.05) is 25.0 Å². The highest BCUT2D eigenvalue weighted by Gasteiger charge is 2.37. The van der Waals surface area contributed by atoms with Gasteiger partial charge in [-0.25, -0.2) is 0 Å². The molecule has 0 saturated carbocycles. The summed E-state index contributed by atoms with van der Waals surface area (Å²) in [6, 6.07) is 12.9. The third kappa shape index (κ3) is 4.32. The molecule has 0 atom stereocenters. The minimum Gasteiger partial charge on any atom is -0.325 e. The van der Waals surface area contributed by atoms with Gasteiger partial charge in [0, 0.05) is 30.3 Å². The molecule has 8 heteroatoms. The Morgan fingerprint density at radius 3 is 2.52 bits per heavy atom. The van der Waals surface area contributed by atoms with E-state index in [2.05, 4.69) is 5.32 Å². The number of nitrogens with zero attached hydrogens (tertiary/aromatic N) is 2. The van der Waals surface area contributed by atoms with Crippen LogP contribution in [-0.4, -0.2) is 42.6 Å². The Labute approximate surface area is 164 Å². The number of carbonyl (C=O) groups is 1. The van der Waals surface area contributed by atoms with Crippen LogP contribution in [0, 0.1) is 13.8 Å². The Hall–Kier alpha value is -1.93. The number of hydrogen-bond acceptors (Lipinski definition) is 3. The first-order valence-electron chi connectivity index (χ1n) is 8.63. The number of carbonyl (C=O) groups excluding carboxylic acids is 1. The topological polar surface area (TPSA) is 69.7 Å². The van der Waals surface area contributed by atoms with Crippen LogP contribution in [0.1, 0.15) is 16.7 Å². The summed E-state index contributed by atoms with van der Waals surface area (Å²) >= 11 is 6.06. The van der Waals surface area contributed by atoms with Crippen LogP contribution in [0.25, 0.3) is 0 Å². The normalized spacial score (nSPS) is 17.1. The zero-order chi connectivity index (χ0) is 19.6. The average molecular weight is 408 g/mol. The molecule has 1 saturated heterocycles. The highest BCUT2D eigenvalue weighted by atomic mass is 35.5. The van der Waals surface area contributed by atoms with Crippen LogP contribution >= 0.6 is 11.6 Å². The van der Waals surface area contributed by atoms with Gasteiger partial charge in [0.2, 0.25) is 5.91 Å². The molecule has 27 heavy (non-hydrogen) atoms. The summed E-state index contributed by atoms with van der Waals surface area (Å²) in [5, 5.41) is 3.29. The Kier molecular flexibility index (Phi) is 5.86. The van der Waals surface area contributed by atoms with E-state index in [0.717, 1.165) is 16.7 Å². The smallest absolute Gasteiger partial charge is 0.282 e. The van der Waals surface area contributed by atoms with Gasteiger partial charge in [0.05, 0.1) is 6.54 Å². The van der Waals surface area contributed by atoms with E-state index in [-0.39, 0.29) is 19.0 Å². The standard InChI is InChI=1S/C19H22ClN3O3S/c1-14-6-3-4-7-16(14)12-22-10-11-23(27(22,25)26)13-19(24)21-18-9-5-8-17(20)15(18)2/h3-9H,10-13H2,1-2H3,(H,21,24). The molecule has 1 heterocycles. The van der Waals surface area contributed by atoms with Gasteiger partial charge in [0.25, 0.3) is 10.2 Å². The molecule has 0 spiro atoms. The highest BCUT2D eigenvalue weighted by molar-refractivity contribution is 7.87. The van der Waals surface area contributed by atoms with Gasteiger partial charge in [-0.2, -0.15) is 17.0 Å². The molecule has 144 valence electrons. The van der Waals surface area contributed by atoms with E-state index in [1.54, 1.807) is 25.1 Å². The first kappa shape index (κ1) is 19.8. The van der Waals surface area contributed by atoms with Crippen LogP contribution in [0.5, 0.6) is 0 Å². The molecular formula is C19H22ClN3O3S. The van der Waals surface area contributed by atoms with Crippen LogP contribution in [0.2, 0.25) is 5.02 Å². The molecule has 1 N–H and O–H groups in total. The Balaban J connectivity index is 1.67. The molecule has 2 aromatic carbocycles. The number of nitrogens with one attached hydrogen (secondary N) is 1. The molecule has 0 bridgehead atoms. The van der Waals surface area contributed by atoms with Crippen molar-refractivity contribution >= 4 is 33.4 Å². The molecule has 1 aliphatic heterocycles. The van der Waals surface area contributed by atoms with Crippen molar-refractivity contribution in [3.63, 3.8) is 0 Å². The number of hydrogen-bond donors (Lipinski definition) is 1. The molecule has 1 aliphatic rings. The van der Waals surface area contributed by atoms with Gasteiger partial charge in [0.15, 0.2) is 0 Å². The second kappa shape index (κ2) is 7.98. The lowest BCUT2D eigenvalue weighted by atomic mass is 10.1. The molecule has 0 aromatic heterocycles. The van der Waals surface area contributed by atoms with Gasteiger partial charge < -0.3 is 5.32 Å². The third-order valence-electron chi connectivity index (χ3n) is 4.72. The summed E-state index contributed by atoms with van der Waals surface area (Å²) in [7, 11) is -3.67. The van der Waals surface area contributed by atoms with Crippen molar-refractivity contribution in [1.82, 2.24) is 8.61 Å². The Morgan fingerprint density at radius 2 is 1.78 bits per heavy atom. The van der Waals surface area contributed by atoms with E-state index in [9.17, 15) is 13.2 Å². The maximum Gasteiger partial charge on any atom is 0.282 e. The van der Waals surface area contributed by atoms with Crippen molar-refractivity contribution < 1.29 is 13.2 Å². The largest absolute Gasteiger partial charge is 0.325 e. The molecule has 0 unspecified atom stereocenters. The van der Waals surface area contributed by atoms with Gasteiger partial charge in [-0.15, -0.1) is 0 Å². The van der Waals surface area contributed by atoms with Crippen LogP contribution in [-0.2, 0) is 21.5 Å². The summed E-state index contributed by atoms with van der Waals surface area (Å²) in [5.74, 6) is -0.387. The highest BCUT2D eigenvalue weighted by Crippen LogP contribution is 2.24. The zero-order valence-corrected chi connectivity index (χ0v) is 16.8. The van der Waals surface area contributed by atoms with Crippen molar-refractivity contribution in [3.05, 3.63) is 64.2 Å². The maximum atomic E-state index is 12.8. The predicted octanol–water partition coefficient (Wildman–Crippen LogP) is 2.96. The lowest BCUT2D eigenvalue weighted by Crippen LogP contribution is -2.38. The minimum absolute atomic E-state index is 0.224. The summed E-state index contributed by atoms with van der Waals surface area (Å²) in [6.07, 6.45) is 0. The second-order valence-corrected chi connectivity index (χ2v) is 8.90. The first-order chi connectivity index (χ1) is 12.8. The van der Waals surface area contributed by atoms with E-state index in [1.165, 1.54) is 8.61 Å². The van der Waals surface area contributed by atoms with E-state index < -0.39 is 10.2 Å². The van der Waals surface area contributed by atoms with Crippen LogP contribution in [0.3, 0.4) is 0 Å². The van der Waals surface area contributed by atoms with Crippen molar-refractivity contribution in [2.45, 2.75) is 20.4 Å². The zero-order valence-electron chi connectivity index (χ0n) is 15.3. The Morgan fingerprint density at radius 1 is 1.07 bits per heavy atom. The number of anilines is 1. The maximum absolute atomic E-state index is 12.8. The van der Waals surface area contributed by atoms with E-state index in [1.807, 2.05) is 31.2 Å². The summed E-state index contributed by atoms with van der Waals surface area (Å²) in [5.41, 5.74) is 3.33. The van der Waals surface area contributed by atoms with Gasteiger partial charge in [0.1, 0.15) is 0 Å². The van der Waals surface area contributed by atoms with Crippen LogP contribution in [0.15, 0.2) is 42.5 Å². The van der Waals surface area contributed by atoms with E-state index in [4.69, 9.17) is 11.6 Å². The third-order valence-corrected chi connectivity index (χ3v) is 7.06. The fourth-order valence-electron chi connectivity index (χ4n) is 3.01. The number of benzene rings is 2. The second-order valence-electron chi connectivity index (χ2n) is 6.56. The number of aryl methyl sites for hydroxylation is 1. The lowest BCUT2D eigenvalue weighted by molar-refractivity contribution is -0.116. The quantitative estimate of drug-likeness (QED) is 0.828. The Bertz CT molecular complexity index is 962. The monoisotopic (exact) mass is 407 g/mol. The summed E-state index contributed by atoms with van der Waals surface area (Å²) in [4.78, 5) is 12.4. The van der Waals surface area contributed by atoms with Crippen molar-refractivity contribution in [2.24, 2.45) is 0 Å². The van der Waals surface area contributed by atoms with Gasteiger partial charge in [-0.05, 0) is 42.7 Å². The first-order valence-corrected chi connectivity index (χ1v) is 10.4. The molecule has 0 radical (unpaired) electrons. The van der Waals surface area contributed by atoms with Crippen LogP contribution in [0.4, 0.5) is 5.69 Å². The van der Waals surface area contributed by atoms with Gasteiger partial charge in [-0.1, -0.05) is 41.9 Å². The fraction of sp³-hybridized carbons (Fsp3) is 0.316. The van der Waals surface area contributed by atoms with E-state index >= 15 is 0 Å². The predicted molar refractivity (Wildman–Crippen MR) is 107 cm³/mol. The van der Waals surface area contributed by atoms with Crippen LogP contribution < -0.4 is 5.32 Å². The fourth-order valence-corrected chi connectivity index (χ4v) is 4.72. The molecule has 3 rings (SSSR count). The number of halogens is 1. The summed E-state index contributed by atoms with van der Waals surface area (Å²) < 4.78 is 28.2. The molecule has 2 aromatic rings. The summed E-state index contributed by atoms with van der Waals surface area (Å²) in [6.45, 7) is 4.49. The van der Waals surface area contributed by atoms with E-state index in [0.29, 0.717) is 23.8 Å². The minimum atomic E-state index is -3.67. The number of rotatable bonds is 5. The molecule has 6 nitrogen and oxygen atoms in total. The lowest BCUT2D eigenvalue weighted by Gasteiger charge is -2.19. The molecule has 0 aliphatic carbocycles. The molecule has 1 amide bonds. The average Bonchev–Trinajstić information content (AvgIpc) is 2.88. The van der Waals surface area contributed by atoms with Crippen molar-refractivity contribution in [1.29, 1.82) is 0 Å². The number of amides is 1. The SMILES string of the molecule is Cc1ccccc1CN1CCN(CC(=O)Nc2cccc(Cl)c2C)S1(=O)=O.